The van der Waals surface area contributed by atoms with E-state index in [0.29, 0.717) is 36.2 Å². The molecule has 0 unspecified atom stereocenters. The zero-order chi connectivity index (χ0) is 15.5. The number of benzene rings is 1. The SMILES string of the molecule is COc1ccc(Cc2noc(C(C)(C)CN)n2)cc1OC.Cl. The third kappa shape index (κ3) is 3.90. The summed E-state index contributed by atoms with van der Waals surface area (Å²) in [5.41, 5.74) is 6.41. The molecular formula is C15H22ClN3O3. The molecule has 6 nitrogen and oxygen atoms in total. The van der Waals surface area contributed by atoms with E-state index in [1.807, 2.05) is 32.0 Å². The Bertz CT molecular complexity index is 614. The molecule has 0 radical (unpaired) electrons. The van der Waals surface area contributed by atoms with Crippen LogP contribution in [0.15, 0.2) is 22.7 Å². The molecule has 0 aliphatic carbocycles. The molecule has 0 aliphatic heterocycles. The lowest BCUT2D eigenvalue weighted by molar-refractivity contribution is 0.309. The predicted molar refractivity (Wildman–Crippen MR) is 86.0 cm³/mol. The maximum Gasteiger partial charge on any atom is 0.233 e. The largest absolute Gasteiger partial charge is 0.493 e. The third-order valence-electron chi connectivity index (χ3n) is 3.37. The number of methoxy groups -OCH3 is 2. The molecule has 122 valence electrons. The van der Waals surface area contributed by atoms with Crippen LogP contribution in [0.5, 0.6) is 11.5 Å². The molecule has 0 atom stereocenters. The molecule has 0 spiro atoms. The van der Waals surface area contributed by atoms with Gasteiger partial charge in [-0.25, -0.2) is 0 Å². The summed E-state index contributed by atoms with van der Waals surface area (Å²) in [6.45, 7) is 4.40. The number of halogens is 1. The van der Waals surface area contributed by atoms with Gasteiger partial charge in [-0.1, -0.05) is 11.2 Å². The number of nitrogens with two attached hydrogens (primary N) is 1. The quantitative estimate of drug-likeness (QED) is 0.876. The van der Waals surface area contributed by atoms with E-state index in [9.17, 15) is 0 Å². The minimum absolute atomic E-state index is 0. The first-order chi connectivity index (χ1) is 10.00. The van der Waals surface area contributed by atoms with Gasteiger partial charge in [-0.15, -0.1) is 12.4 Å². The minimum atomic E-state index is -0.317. The van der Waals surface area contributed by atoms with Crippen LogP contribution in [-0.2, 0) is 11.8 Å². The van der Waals surface area contributed by atoms with Crippen LogP contribution in [0.4, 0.5) is 0 Å². The van der Waals surface area contributed by atoms with Crippen LogP contribution in [0, 0.1) is 0 Å². The monoisotopic (exact) mass is 327 g/mol. The fourth-order valence-corrected chi connectivity index (χ4v) is 1.86. The standard InChI is InChI=1S/C15H21N3O3.ClH/c1-15(2,9-16)14-17-13(18-21-14)8-10-5-6-11(19-3)12(7-10)20-4;/h5-7H,8-9,16H2,1-4H3;1H. The van der Waals surface area contributed by atoms with E-state index in [-0.39, 0.29) is 17.8 Å². The summed E-state index contributed by atoms with van der Waals surface area (Å²) in [5, 5.41) is 4.01. The van der Waals surface area contributed by atoms with E-state index in [1.165, 1.54) is 0 Å². The first-order valence-electron chi connectivity index (χ1n) is 6.74. The Hall–Kier alpha value is -1.79. The summed E-state index contributed by atoms with van der Waals surface area (Å²) < 4.78 is 15.8. The minimum Gasteiger partial charge on any atom is -0.493 e. The molecule has 7 heteroatoms. The molecule has 0 fully saturated rings. The van der Waals surface area contributed by atoms with Crippen molar-refractivity contribution in [1.82, 2.24) is 10.1 Å². The topological polar surface area (TPSA) is 83.4 Å². The highest BCUT2D eigenvalue weighted by atomic mass is 35.5. The summed E-state index contributed by atoms with van der Waals surface area (Å²) in [6.07, 6.45) is 0.560. The summed E-state index contributed by atoms with van der Waals surface area (Å²) in [7, 11) is 3.22. The van der Waals surface area contributed by atoms with Crippen molar-refractivity contribution in [2.45, 2.75) is 25.7 Å². The third-order valence-corrected chi connectivity index (χ3v) is 3.37. The second-order valence-electron chi connectivity index (χ2n) is 5.47. The molecule has 1 heterocycles. The molecule has 1 aromatic heterocycles. The first kappa shape index (κ1) is 18.3. The van der Waals surface area contributed by atoms with E-state index in [1.54, 1.807) is 14.2 Å². The van der Waals surface area contributed by atoms with Gasteiger partial charge in [0, 0.05) is 13.0 Å². The van der Waals surface area contributed by atoms with Gasteiger partial charge in [-0.2, -0.15) is 4.98 Å². The van der Waals surface area contributed by atoms with Crippen LogP contribution in [0.2, 0.25) is 0 Å². The van der Waals surface area contributed by atoms with Crippen molar-refractivity contribution < 1.29 is 14.0 Å². The highest BCUT2D eigenvalue weighted by Gasteiger charge is 2.26. The zero-order valence-electron chi connectivity index (χ0n) is 13.3. The van der Waals surface area contributed by atoms with E-state index >= 15 is 0 Å². The number of aromatic nitrogens is 2. The second-order valence-corrected chi connectivity index (χ2v) is 5.47. The molecule has 0 aliphatic rings. The van der Waals surface area contributed by atoms with E-state index < -0.39 is 0 Å². The number of rotatable bonds is 6. The molecule has 0 amide bonds. The van der Waals surface area contributed by atoms with Crippen LogP contribution >= 0.6 is 12.4 Å². The lowest BCUT2D eigenvalue weighted by Crippen LogP contribution is -2.28. The number of hydrogen-bond donors (Lipinski definition) is 1. The molecule has 0 bridgehead atoms. The van der Waals surface area contributed by atoms with Crippen LogP contribution < -0.4 is 15.2 Å². The Morgan fingerprint density at radius 1 is 1.18 bits per heavy atom. The normalized spacial score (nSPS) is 11.0. The van der Waals surface area contributed by atoms with Crippen molar-refractivity contribution in [2.75, 3.05) is 20.8 Å². The Kier molecular flexibility index (Phi) is 6.20. The smallest absolute Gasteiger partial charge is 0.233 e. The summed E-state index contributed by atoms with van der Waals surface area (Å²) in [4.78, 5) is 4.42. The average molecular weight is 328 g/mol. The molecule has 2 N–H and O–H groups in total. The Morgan fingerprint density at radius 2 is 1.86 bits per heavy atom. The van der Waals surface area contributed by atoms with Gasteiger partial charge in [0.15, 0.2) is 17.3 Å². The fourth-order valence-electron chi connectivity index (χ4n) is 1.86. The van der Waals surface area contributed by atoms with E-state index in [2.05, 4.69) is 10.1 Å². The molecular weight excluding hydrogens is 306 g/mol. The lowest BCUT2D eigenvalue weighted by atomic mass is 9.94. The van der Waals surface area contributed by atoms with Crippen molar-refractivity contribution in [3.8, 4) is 11.5 Å². The number of hydrogen-bond acceptors (Lipinski definition) is 6. The Balaban J connectivity index is 0.00000242. The molecule has 0 saturated carbocycles. The zero-order valence-corrected chi connectivity index (χ0v) is 14.1. The van der Waals surface area contributed by atoms with E-state index in [0.717, 1.165) is 5.56 Å². The molecule has 1 aromatic carbocycles. The molecule has 22 heavy (non-hydrogen) atoms. The van der Waals surface area contributed by atoms with E-state index in [4.69, 9.17) is 19.7 Å². The van der Waals surface area contributed by atoms with Gasteiger partial charge < -0.3 is 19.7 Å². The van der Waals surface area contributed by atoms with Gasteiger partial charge in [-0.3, -0.25) is 0 Å². The van der Waals surface area contributed by atoms with Gasteiger partial charge in [0.05, 0.1) is 19.6 Å². The summed E-state index contributed by atoms with van der Waals surface area (Å²) in [5.74, 6) is 2.56. The van der Waals surface area contributed by atoms with Gasteiger partial charge in [0.2, 0.25) is 5.89 Å². The van der Waals surface area contributed by atoms with Gasteiger partial charge in [0.25, 0.3) is 0 Å². The molecule has 2 rings (SSSR count). The molecule has 2 aromatic rings. The van der Waals surface area contributed by atoms with Gasteiger partial charge in [-0.05, 0) is 31.5 Å². The lowest BCUT2D eigenvalue weighted by Gasteiger charge is -2.15. The van der Waals surface area contributed by atoms with Crippen molar-refractivity contribution >= 4 is 12.4 Å². The second kappa shape index (κ2) is 7.47. The summed E-state index contributed by atoms with van der Waals surface area (Å²) >= 11 is 0. The highest BCUT2D eigenvalue weighted by Crippen LogP contribution is 2.28. The van der Waals surface area contributed by atoms with Crippen LogP contribution in [0.3, 0.4) is 0 Å². The average Bonchev–Trinajstić information content (AvgIpc) is 2.96. The first-order valence-corrected chi connectivity index (χ1v) is 6.74. The van der Waals surface area contributed by atoms with Crippen LogP contribution in [-0.4, -0.2) is 30.9 Å². The Labute approximate surface area is 136 Å². The van der Waals surface area contributed by atoms with Crippen LogP contribution in [0.25, 0.3) is 0 Å². The highest BCUT2D eigenvalue weighted by molar-refractivity contribution is 5.85. The van der Waals surface area contributed by atoms with Crippen molar-refractivity contribution in [3.05, 3.63) is 35.5 Å². The number of nitrogens with zero attached hydrogens (tertiary/aromatic N) is 2. The summed E-state index contributed by atoms with van der Waals surface area (Å²) in [6, 6.07) is 5.72. The number of ether oxygens (including phenoxy) is 2. The predicted octanol–water partition coefficient (Wildman–Crippen LogP) is 2.34. The van der Waals surface area contributed by atoms with Gasteiger partial charge in [0.1, 0.15) is 0 Å². The maximum atomic E-state index is 5.71. The fraction of sp³-hybridized carbons (Fsp3) is 0.467. The van der Waals surface area contributed by atoms with Gasteiger partial charge >= 0.3 is 0 Å². The Morgan fingerprint density at radius 3 is 2.45 bits per heavy atom. The van der Waals surface area contributed by atoms with Crippen molar-refractivity contribution in [1.29, 1.82) is 0 Å². The van der Waals surface area contributed by atoms with Crippen molar-refractivity contribution in [2.24, 2.45) is 5.73 Å². The molecule has 0 saturated heterocycles. The van der Waals surface area contributed by atoms with Crippen molar-refractivity contribution in [3.63, 3.8) is 0 Å². The maximum absolute atomic E-state index is 5.71. The van der Waals surface area contributed by atoms with Crippen LogP contribution in [0.1, 0.15) is 31.1 Å².